The van der Waals surface area contributed by atoms with Crippen LogP contribution < -0.4 is 15.0 Å². The Balaban J connectivity index is 1.12. The van der Waals surface area contributed by atoms with Crippen LogP contribution in [-0.2, 0) is 12.8 Å². The molecule has 234 valence electrons. The summed E-state index contributed by atoms with van der Waals surface area (Å²) in [6.45, 7) is 7.26. The van der Waals surface area contributed by atoms with Crippen LogP contribution in [0.4, 0.5) is 23.7 Å². The monoisotopic (exact) mass is 634 g/mol. The van der Waals surface area contributed by atoms with E-state index in [4.69, 9.17) is 0 Å². The molecule has 0 bridgehead atoms. The molecule has 2 aliphatic rings. The normalized spacial score (nSPS) is 17.5. The van der Waals surface area contributed by atoms with Crippen molar-refractivity contribution < 1.29 is 22.7 Å². The molecule has 1 aliphatic heterocycles. The number of alkyl halides is 3. The fourth-order valence-electron chi connectivity index (χ4n) is 5.72. The van der Waals surface area contributed by atoms with Gasteiger partial charge in [0, 0.05) is 29.6 Å². The number of carbonyl (C=O) groups excluding carboxylic acids is 1. The first-order chi connectivity index (χ1) is 21.5. The Morgan fingerprint density at radius 1 is 1.07 bits per heavy atom. The number of aryl methyl sites for hydroxylation is 1. The van der Waals surface area contributed by atoms with Crippen molar-refractivity contribution in [1.29, 1.82) is 0 Å². The smallest absolute Gasteiger partial charge is 0.406 e. The number of aromatic nitrogens is 3. The maximum absolute atomic E-state index is 13.2. The van der Waals surface area contributed by atoms with Gasteiger partial charge in [-0.2, -0.15) is 4.99 Å². The summed E-state index contributed by atoms with van der Waals surface area (Å²) in [6.07, 6.45) is -0.856. The first kappa shape index (κ1) is 30.7. The number of aliphatic imine (C=N–C) groups is 1. The number of benzene rings is 3. The second kappa shape index (κ2) is 12.6. The SMILES string of the molecule is Cc1ccc(C(C)C)c(N2CCCS/C2=N\C(=O)NC2Cc3ccc(-c4ncn(-c5ccc(OC(F)(F)F)cc5)n4)cc3C2)c1. The van der Waals surface area contributed by atoms with Crippen LogP contribution in [0.1, 0.15) is 48.4 Å². The van der Waals surface area contributed by atoms with Gasteiger partial charge in [-0.1, -0.05) is 49.9 Å². The summed E-state index contributed by atoms with van der Waals surface area (Å²) in [7, 11) is 0. The van der Waals surface area contributed by atoms with Gasteiger partial charge >= 0.3 is 12.4 Å². The van der Waals surface area contributed by atoms with Crippen LogP contribution in [0.3, 0.4) is 0 Å². The summed E-state index contributed by atoms with van der Waals surface area (Å²) in [4.78, 5) is 24.3. The van der Waals surface area contributed by atoms with E-state index >= 15 is 0 Å². The number of thioether (sulfide) groups is 1. The zero-order chi connectivity index (χ0) is 31.7. The van der Waals surface area contributed by atoms with Gasteiger partial charge in [0.05, 0.1) is 5.69 Å². The molecule has 0 spiro atoms. The van der Waals surface area contributed by atoms with Crippen LogP contribution >= 0.6 is 11.8 Å². The number of rotatable bonds is 6. The Morgan fingerprint density at radius 3 is 2.60 bits per heavy atom. The fraction of sp³-hybridized carbons (Fsp3) is 0.333. The van der Waals surface area contributed by atoms with E-state index in [9.17, 15) is 18.0 Å². The van der Waals surface area contributed by atoms with Gasteiger partial charge in [-0.3, -0.25) is 0 Å². The highest BCUT2D eigenvalue weighted by Crippen LogP contribution is 2.33. The number of anilines is 1. The summed E-state index contributed by atoms with van der Waals surface area (Å²) in [5.41, 5.74) is 7.14. The molecule has 12 heteroatoms. The molecule has 3 aromatic carbocycles. The number of carbonyl (C=O) groups is 1. The second-order valence-electron chi connectivity index (χ2n) is 11.6. The van der Waals surface area contributed by atoms with Crippen LogP contribution in [-0.4, -0.2) is 50.7 Å². The average Bonchev–Trinajstić information content (AvgIpc) is 3.63. The van der Waals surface area contributed by atoms with Crippen LogP contribution in [0.15, 0.2) is 72.0 Å². The van der Waals surface area contributed by atoms with Crippen molar-refractivity contribution in [2.24, 2.45) is 4.99 Å². The number of hydrogen-bond acceptors (Lipinski definition) is 5. The lowest BCUT2D eigenvalue weighted by Crippen LogP contribution is -2.38. The van der Waals surface area contributed by atoms with Crippen molar-refractivity contribution in [3.8, 4) is 22.8 Å². The van der Waals surface area contributed by atoms with Gasteiger partial charge in [-0.05, 0) is 90.8 Å². The summed E-state index contributed by atoms with van der Waals surface area (Å²) in [6, 6.07) is 17.5. The molecule has 0 saturated carbocycles. The van der Waals surface area contributed by atoms with Gasteiger partial charge in [0.25, 0.3) is 0 Å². The van der Waals surface area contributed by atoms with E-state index in [2.05, 4.69) is 69.0 Å². The molecule has 1 saturated heterocycles. The number of fused-ring (bicyclic) bond motifs is 1. The van der Waals surface area contributed by atoms with Crippen molar-refractivity contribution >= 4 is 28.6 Å². The quantitative estimate of drug-likeness (QED) is 0.237. The first-order valence-corrected chi connectivity index (χ1v) is 15.8. The standard InChI is InChI=1S/C33H33F3N6O2S/c1-20(2)28-12-5-21(3)15-29(28)41-13-4-14-45-32(41)39-31(43)38-25-17-22-6-7-23(16-24(22)18-25)30-37-19-42(40-30)26-8-10-27(11-9-26)44-33(34,35)36/h5-12,15-16,19-20,25H,4,13-14,17-18H2,1-3H3,(H,38,43)/b39-32-. The number of ether oxygens (including phenoxy) is 1. The van der Waals surface area contributed by atoms with Crippen molar-refractivity contribution in [1.82, 2.24) is 20.1 Å². The third kappa shape index (κ3) is 7.16. The summed E-state index contributed by atoms with van der Waals surface area (Å²) < 4.78 is 42.8. The van der Waals surface area contributed by atoms with Gasteiger partial charge in [-0.15, -0.1) is 18.3 Å². The van der Waals surface area contributed by atoms with E-state index in [0.29, 0.717) is 30.3 Å². The third-order valence-corrected chi connectivity index (χ3v) is 8.90. The predicted octanol–water partition coefficient (Wildman–Crippen LogP) is 7.44. The zero-order valence-corrected chi connectivity index (χ0v) is 26.0. The summed E-state index contributed by atoms with van der Waals surface area (Å²) in [5.74, 6) is 1.45. The van der Waals surface area contributed by atoms with Crippen LogP contribution in [0.5, 0.6) is 5.75 Å². The molecule has 1 aliphatic carbocycles. The first-order valence-electron chi connectivity index (χ1n) is 14.8. The van der Waals surface area contributed by atoms with Gasteiger partial charge in [-0.25, -0.2) is 14.5 Å². The topological polar surface area (TPSA) is 84.6 Å². The van der Waals surface area contributed by atoms with Crippen LogP contribution in [0, 0.1) is 6.92 Å². The number of urea groups is 1. The number of nitrogens with one attached hydrogen (secondary N) is 1. The van der Waals surface area contributed by atoms with E-state index < -0.39 is 6.36 Å². The minimum absolute atomic E-state index is 0.0812. The van der Waals surface area contributed by atoms with E-state index in [1.165, 1.54) is 46.4 Å². The van der Waals surface area contributed by atoms with E-state index in [-0.39, 0.29) is 17.8 Å². The number of halogens is 3. The summed E-state index contributed by atoms with van der Waals surface area (Å²) in [5, 5.41) is 8.36. The lowest BCUT2D eigenvalue weighted by molar-refractivity contribution is -0.274. The molecule has 2 heterocycles. The minimum Gasteiger partial charge on any atom is -0.406 e. The molecule has 45 heavy (non-hydrogen) atoms. The number of nitrogens with zero attached hydrogens (tertiary/aromatic N) is 5. The van der Waals surface area contributed by atoms with Crippen molar-refractivity contribution in [2.75, 3.05) is 17.2 Å². The van der Waals surface area contributed by atoms with Gasteiger partial charge in [0.15, 0.2) is 11.0 Å². The zero-order valence-electron chi connectivity index (χ0n) is 25.1. The van der Waals surface area contributed by atoms with Crippen LogP contribution in [0.2, 0.25) is 0 Å². The molecule has 1 unspecified atom stereocenters. The molecule has 1 fully saturated rings. The highest BCUT2D eigenvalue weighted by molar-refractivity contribution is 8.14. The maximum Gasteiger partial charge on any atom is 0.573 e. The molecule has 2 amide bonds. The highest BCUT2D eigenvalue weighted by Gasteiger charge is 2.31. The van der Waals surface area contributed by atoms with Gasteiger partial charge < -0.3 is 15.0 Å². The maximum atomic E-state index is 13.2. The number of amidine groups is 1. The fourth-order valence-corrected chi connectivity index (χ4v) is 6.67. The van der Waals surface area contributed by atoms with Crippen molar-refractivity contribution in [3.63, 3.8) is 0 Å². The Hall–Kier alpha value is -4.32. The second-order valence-corrected chi connectivity index (χ2v) is 12.6. The van der Waals surface area contributed by atoms with Gasteiger partial charge in [0.1, 0.15) is 12.1 Å². The highest BCUT2D eigenvalue weighted by atomic mass is 32.2. The van der Waals surface area contributed by atoms with E-state index in [1.807, 2.05) is 18.2 Å². The number of amides is 2. The molecule has 8 nitrogen and oxygen atoms in total. The number of hydrogen-bond donors (Lipinski definition) is 1. The molecule has 6 rings (SSSR count). The summed E-state index contributed by atoms with van der Waals surface area (Å²) >= 11 is 1.62. The molecule has 1 atom stereocenters. The van der Waals surface area contributed by atoms with Gasteiger partial charge in [0.2, 0.25) is 0 Å². The average molecular weight is 635 g/mol. The van der Waals surface area contributed by atoms with Crippen molar-refractivity contribution in [2.45, 2.75) is 58.4 Å². The minimum atomic E-state index is -4.75. The van der Waals surface area contributed by atoms with E-state index in [0.717, 1.165) is 46.3 Å². The Kier molecular flexibility index (Phi) is 8.59. The van der Waals surface area contributed by atoms with E-state index in [1.54, 1.807) is 11.8 Å². The molecule has 0 radical (unpaired) electrons. The Labute approximate surface area is 263 Å². The lowest BCUT2D eigenvalue weighted by Gasteiger charge is -2.32. The third-order valence-electron chi connectivity index (χ3n) is 7.84. The largest absolute Gasteiger partial charge is 0.573 e. The molecule has 1 aromatic heterocycles. The Morgan fingerprint density at radius 2 is 1.84 bits per heavy atom. The molecular weight excluding hydrogens is 601 g/mol. The molecule has 4 aromatic rings. The van der Waals surface area contributed by atoms with Crippen LogP contribution in [0.25, 0.3) is 17.1 Å². The van der Waals surface area contributed by atoms with Crippen molar-refractivity contribution in [3.05, 3.63) is 89.2 Å². The predicted molar refractivity (Wildman–Crippen MR) is 170 cm³/mol. The lowest BCUT2D eigenvalue weighted by atomic mass is 9.98. The molecule has 1 N–H and O–H groups in total. The Bertz CT molecular complexity index is 1740. The molecular formula is C33H33F3N6O2S.